The van der Waals surface area contributed by atoms with E-state index >= 15 is 0 Å². The Bertz CT molecular complexity index is 910. The minimum atomic E-state index is 0. The largest absolute Gasteiger partial charge is 0.356 e. The lowest BCUT2D eigenvalue weighted by Gasteiger charge is -2.19. The number of rotatable bonds is 6. The van der Waals surface area contributed by atoms with E-state index < -0.39 is 0 Å². The van der Waals surface area contributed by atoms with Gasteiger partial charge in [0.2, 0.25) is 0 Å². The lowest BCUT2D eigenvalue weighted by atomic mass is 9.86. The second-order valence-corrected chi connectivity index (χ2v) is 8.06. The first kappa shape index (κ1) is 23.9. The van der Waals surface area contributed by atoms with Gasteiger partial charge in [-0.05, 0) is 40.7 Å². The molecule has 2 aromatic carbocycles. The monoisotopic (exact) mass is 518 g/mol. The Labute approximate surface area is 196 Å². The number of hydrogen-bond acceptors (Lipinski definition) is 3. The molecule has 0 spiro atoms. The van der Waals surface area contributed by atoms with Crippen LogP contribution in [0.5, 0.6) is 0 Å². The zero-order valence-corrected chi connectivity index (χ0v) is 20.4. The Morgan fingerprint density at radius 1 is 0.967 bits per heavy atom. The van der Waals surface area contributed by atoms with Crippen molar-refractivity contribution in [3.05, 3.63) is 77.9 Å². The third-order valence-corrected chi connectivity index (χ3v) is 4.83. The van der Waals surface area contributed by atoms with Crippen molar-refractivity contribution in [2.24, 2.45) is 4.99 Å². The second-order valence-electron chi connectivity index (χ2n) is 8.06. The Morgan fingerprint density at radius 3 is 2.20 bits per heavy atom. The molecule has 2 N–H and O–H groups in total. The first-order valence-corrected chi connectivity index (χ1v) is 9.93. The molecule has 0 saturated heterocycles. The average molecular weight is 518 g/mol. The van der Waals surface area contributed by atoms with Crippen LogP contribution in [-0.4, -0.2) is 34.3 Å². The molecule has 1 aromatic heterocycles. The first-order valence-electron chi connectivity index (χ1n) is 9.93. The summed E-state index contributed by atoms with van der Waals surface area (Å²) in [6, 6.07) is 17.1. The fourth-order valence-electron chi connectivity index (χ4n) is 3.01. The summed E-state index contributed by atoms with van der Waals surface area (Å²) < 4.78 is 1.74. The van der Waals surface area contributed by atoms with E-state index in [4.69, 9.17) is 0 Å². The highest BCUT2D eigenvalue weighted by molar-refractivity contribution is 14.0. The molecule has 3 rings (SSSR count). The highest BCUT2D eigenvalue weighted by Crippen LogP contribution is 2.22. The summed E-state index contributed by atoms with van der Waals surface area (Å²) in [6.07, 6.45) is 4.18. The van der Waals surface area contributed by atoms with Crippen molar-refractivity contribution in [3.8, 4) is 5.69 Å². The third kappa shape index (κ3) is 6.83. The van der Waals surface area contributed by atoms with Crippen LogP contribution in [0.2, 0.25) is 0 Å². The number of benzene rings is 2. The fourth-order valence-corrected chi connectivity index (χ4v) is 3.01. The summed E-state index contributed by atoms with van der Waals surface area (Å²) in [5.74, 6) is 0.802. The van der Waals surface area contributed by atoms with Gasteiger partial charge in [0.1, 0.15) is 12.7 Å². The van der Waals surface area contributed by atoms with E-state index in [0.29, 0.717) is 6.54 Å². The molecule has 0 unspecified atom stereocenters. The quantitative estimate of drug-likeness (QED) is 0.293. The van der Waals surface area contributed by atoms with Crippen LogP contribution < -0.4 is 10.6 Å². The predicted molar refractivity (Wildman–Crippen MR) is 134 cm³/mol. The van der Waals surface area contributed by atoms with E-state index in [1.807, 2.05) is 12.1 Å². The molecule has 3 aromatic rings. The van der Waals surface area contributed by atoms with Crippen molar-refractivity contribution >= 4 is 29.9 Å². The van der Waals surface area contributed by atoms with Crippen molar-refractivity contribution in [1.82, 2.24) is 25.4 Å². The summed E-state index contributed by atoms with van der Waals surface area (Å²) in [4.78, 5) is 8.28. The molecule has 0 fully saturated rings. The molecule has 7 heteroatoms. The van der Waals surface area contributed by atoms with Crippen LogP contribution in [0.3, 0.4) is 0 Å². The van der Waals surface area contributed by atoms with Crippen LogP contribution in [0.25, 0.3) is 5.69 Å². The van der Waals surface area contributed by atoms with E-state index in [0.717, 1.165) is 24.6 Å². The van der Waals surface area contributed by atoms with Gasteiger partial charge in [-0.25, -0.2) is 9.67 Å². The molecule has 0 aliphatic heterocycles. The summed E-state index contributed by atoms with van der Waals surface area (Å²) in [7, 11) is 1.79. The summed E-state index contributed by atoms with van der Waals surface area (Å²) in [5, 5.41) is 10.9. The van der Waals surface area contributed by atoms with Crippen LogP contribution in [0.4, 0.5) is 0 Å². The Morgan fingerprint density at radius 2 is 1.63 bits per heavy atom. The number of guanidine groups is 1. The molecule has 0 atom stereocenters. The molecule has 0 aliphatic carbocycles. The maximum Gasteiger partial charge on any atom is 0.191 e. The van der Waals surface area contributed by atoms with E-state index in [2.05, 4.69) is 82.9 Å². The van der Waals surface area contributed by atoms with Crippen molar-refractivity contribution < 1.29 is 0 Å². The van der Waals surface area contributed by atoms with Gasteiger partial charge in [0.05, 0.1) is 5.69 Å². The molecule has 0 saturated carbocycles. The average Bonchev–Trinajstić information content (AvgIpc) is 3.25. The van der Waals surface area contributed by atoms with Gasteiger partial charge in [0.15, 0.2) is 5.96 Å². The second kappa shape index (κ2) is 11.1. The lowest BCUT2D eigenvalue weighted by Crippen LogP contribution is -2.37. The van der Waals surface area contributed by atoms with Gasteiger partial charge in [-0.2, -0.15) is 5.10 Å². The molecule has 0 radical (unpaired) electrons. The van der Waals surface area contributed by atoms with Crippen molar-refractivity contribution in [2.45, 2.75) is 39.2 Å². The normalized spacial score (nSPS) is 11.7. The van der Waals surface area contributed by atoms with Gasteiger partial charge >= 0.3 is 0 Å². The van der Waals surface area contributed by atoms with Gasteiger partial charge in [0, 0.05) is 20.1 Å². The van der Waals surface area contributed by atoms with Crippen LogP contribution in [0.1, 0.15) is 37.5 Å². The number of nitrogens with zero attached hydrogens (tertiary/aromatic N) is 4. The third-order valence-electron chi connectivity index (χ3n) is 4.83. The summed E-state index contributed by atoms with van der Waals surface area (Å²) in [5.41, 5.74) is 5.04. The van der Waals surface area contributed by atoms with Crippen LogP contribution in [0, 0.1) is 0 Å². The molecule has 160 valence electrons. The maximum absolute atomic E-state index is 4.31. The number of nitrogens with one attached hydrogen (secondary N) is 2. The SMILES string of the molecule is CN=C(NCCc1ccc(C(C)(C)C)cc1)NCc1ccc(-n2cncn2)cc1.I. The molecule has 30 heavy (non-hydrogen) atoms. The Kier molecular flexibility index (Phi) is 8.83. The van der Waals surface area contributed by atoms with E-state index in [-0.39, 0.29) is 29.4 Å². The zero-order chi connectivity index (χ0) is 20.7. The predicted octanol–water partition coefficient (Wildman–Crippen LogP) is 4.09. The van der Waals surface area contributed by atoms with E-state index in [1.165, 1.54) is 23.0 Å². The Balaban J connectivity index is 0.00000320. The van der Waals surface area contributed by atoms with Gasteiger partial charge in [-0.15, -0.1) is 24.0 Å². The summed E-state index contributed by atoms with van der Waals surface area (Å²) >= 11 is 0. The topological polar surface area (TPSA) is 67.1 Å². The van der Waals surface area contributed by atoms with Crippen LogP contribution in [0.15, 0.2) is 66.2 Å². The van der Waals surface area contributed by atoms with Crippen molar-refractivity contribution in [1.29, 1.82) is 0 Å². The molecule has 0 amide bonds. The van der Waals surface area contributed by atoms with Crippen molar-refractivity contribution in [3.63, 3.8) is 0 Å². The fraction of sp³-hybridized carbons (Fsp3) is 0.348. The van der Waals surface area contributed by atoms with Gasteiger partial charge in [-0.3, -0.25) is 4.99 Å². The van der Waals surface area contributed by atoms with Gasteiger partial charge in [-0.1, -0.05) is 57.2 Å². The van der Waals surface area contributed by atoms with Gasteiger partial charge < -0.3 is 10.6 Å². The molecule has 0 aliphatic rings. The molecular formula is C23H31IN6. The highest BCUT2D eigenvalue weighted by atomic mass is 127. The Hall–Kier alpha value is -2.42. The number of aliphatic imine (C=N–C) groups is 1. The van der Waals surface area contributed by atoms with Crippen LogP contribution in [-0.2, 0) is 18.4 Å². The zero-order valence-electron chi connectivity index (χ0n) is 18.1. The minimum absolute atomic E-state index is 0. The molecule has 6 nitrogen and oxygen atoms in total. The number of hydrogen-bond donors (Lipinski definition) is 2. The standard InChI is InChI=1S/C23H30N6.HI/c1-23(2,3)20-9-5-18(6-10-20)13-14-26-22(24-4)27-15-19-7-11-21(12-8-19)29-17-25-16-28-29;/h5-12,16-17H,13-15H2,1-4H3,(H2,24,26,27);1H. The minimum Gasteiger partial charge on any atom is -0.356 e. The first-order chi connectivity index (χ1) is 14.0. The van der Waals surface area contributed by atoms with Crippen LogP contribution >= 0.6 is 24.0 Å². The smallest absolute Gasteiger partial charge is 0.191 e. The molecule has 0 bridgehead atoms. The molecular weight excluding hydrogens is 487 g/mol. The van der Waals surface area contributed by atoms with E-state index in [9.17, 15) is 0 Å². The van der Waals surface area contributed by atoms with Crippen molar-refractivity contribution in [2.75, 3.05) is 13.6 Å². The van der Waals surface area contributed by atoms with Gasteiger partial charge in [0.25, 0.3) is 0 Å². The number of halogens is 1. The number of aromatic nitrogens is 3. The lowest BCUT2D eigenvalue weighted by molar-refractivity contribution is 0.590. The van der Waals surface area contributed by atoms with E-state index in [1.54, 1.807) is 18.1 Å². The maximum atomic E-state index is 4.31. The molecule has 1 heterocycles. The summed E-state index contributed by atoms with van der Waals surface area (Å²) in [6.45, 7) is 8.25. The highest BCUT2D eigenvalue weighted by Gasteiger charge is 2.12.